The molecular formula is C11H11NO5. The van der Waals surface area contributed by atoms with E-state index in [1.54, 1.807) is 30.3 Å². The third kappa shape index (κ3) is 5.31. The van der Waals surface area contributed by atoms with Gasteiger partial charge in [-0.25, -0.2) is 4.79 Å². The molecule has 0 aliphatic heterocycles. The fraction of sp³-hybridized carbons (Fsp3) is 0.182. The Hall–Kier alpha value is -2.37. The zero-order valence-corrected chi connectivity index (χ0v) is 8.88. The number of carbonyl (C=O) groups is 3. The molecule has 90 valence electrons. The van der Waals surface area contributed by atoms with Gasteiger partial charge in [0.15, 0.2) is 0 Å². The number of nitrogens with one attached hydrogen (secondary N) is 1. The van der Waals surface area contributed by atoms with Gasteiger partial charge in [-0.1, -0.05) is 18.2 Å². The minimum absolute atomic E-state index is 0.124. The summed E-state index contributed by atoms with van der Waals surface area (Å²) in [5.74, 6) is -1.32. The molecule has 1 amide bonds. The number of hydrogen-bond donors (Lipinski definition) is 2. The molecule has 0 atom stereocenters. The maximum Gasteiger partial charge on any atom is 0.513 e. The number of ether oxygens (including phenoxy) is 1. The third-order valence-corrected chi connectivity index (χ3v) is 1.81. The topological polar surface area (TPSA) is 92.7 Å². The Balaban J connectivity index is 2.31. The van der Waals surface area contributed by atoms with Crippen molar-refractivity contribution in [2.24, 2.45) is 0 Å². The van der Waals surface area contributed by atoms with Crippen LogP contribution >= 0.6 is 0 Å². The Morgan fingerprint density at radius 1 is 1.12 bits per heavy atom. The summed E-state index contributed by atoms with van der Waals surface area (Å²) in [6.07, 6.45) is -2.06. The fourth-order valence-corrected chi connectivity index (χ4v) is 1.11. The van der Waals surface area contributed by atoms with Crippen LogP contribution in [-0.2, 0) is 14.3 Å². The second-order valence-electron chi connectivity index (χ2n) is 3.15. The van der Waals surface area contributed by atoms with E-state index < -0.39 is 12.1 Å². The first kappa shape index (κ1) is 12.7. The number of para-hydroxylation sites is 1. The summed E-state index contributed by atoms with van der Waals surface area (Å²) in [5.41, 5.74) is 0.615. The predicted octanol–water partition coefficient (Wildman–Crippen LogP) is 1.63. The van der Waals surface area contributed by atoms with Crippen LogP contribution in [0.1, 0.15) is 12.8 Å². The van der Waals surface area contributed by atoms with Crippen molar-refractivity contribution in [3.05, 3.63) is 30.3 Å². The molecule has 0 bridgehead atoms. The fourth-order valence-electron chi connectivity index (χ4n) is 1.11. The number of amides is 1. The number of benzene rings is 1. The van der Waals surface area contributed by atoms with Gasteiger partial charge in [0, 0.05) is 12.1 Å². The van der Waals surface area contributed by atoms with Crippen molar-refractivity contribution in [2.45, 2.75) is 12.8 Å². The lowest BCUT2D eigenvalue weighted by Crippen LogP contribution is -2.16. The van der Waals surface area contributed by atoms with E-state index in [1.165, 1.54) is 0 Å². The van der Waals surface area contributed by atoms with Crippen LogP contribution in [0.4, 0.5) is 10.5 Å². The highest BCUT2D eigenvalue weighted by molar-refractivity contribution is 5.93. The van der Waals surface area contributed by atoms with Crippen molar-refractivity contribution in [2.75, 3.05) is 5.32 Å². The monoisotopic (exact) mass is 237 g/mol. The molecule has 0 heterocycles. The normalized spacial score (nSPS) is 9.41. The summed E-state index contributed by atoms with van der Waals surface area (Å²) < 4.78 is 3.85. The van der Waals surface area contributed by atoms with E-state index in [4.69, 9.17) is 5.11 Å². The largest absolute Gasteiger partial charge is 0.513 e. The highest BCUT2D eigenvalue weighted by Gasteiger charge is 2.11. The van der Waals surface area contributed by atoms with Crippen molar-refractivity contribution < 1.29 is 24.2 Å². The standard InChI is InChI=1S/C11H11NO5/c13-9(6-7-10(14)17-11(15)16)12-8-4-2-1-3-5-8/h1-5H,6-7H2,(H,12,13)(H,15,16). The highest BCUT2D eigenvalue weighted by atomic mass is 16.7. The second-order valence-corrected chi connectivity index (χ2v) is 3.15. The van der Waals surface area contributed by atoms with Crippen molar-refractivity contribution in [3.8, 4) is 0 Å². The Kier molecular flexibility index (Phi) is 4.68. The van der Waals surface area contributed by atoms with Gasteiger partial charge in [0.1, 0.15) is 0 Å². The smallest absolute Gasteiger partial charge is 0.449 e. The molecule has 0 fully saturated rings. The lowest BCUT2D eigenvalue weighted by Gasteiger charge is -2.03. The maximum absolute atomic E-state index is 11.3. The van der Waals surface area contributed by atoms with Gasteiger partial charge in [0.05, 0.1) is 6.42 Å². The van der Waals surface area contributed by atoms with Gasteiger partial charge in [-0.2, -0.15) is 0 Å². The summed E-state index contributed by atoms with van der Waals surface area (Å²) >= 11 is 0. The predicted molar refractivity (Wildman–Crippen MR) is 58.4 cm³/mol. The molecule has 2 N–H and O–H groups in total. The molecular weight excluding hydrogens is 226 g/mol. The molecule has 17 heavy (non-hydrogen) atoms. The molecule has 0 spiro atoms. The first-order chi connectivity index (χ1) is 8.08. The van der Waals surface area contributed by atoms with Gasteiger partial charge in [0.25, 0.3) is 0 Å². The summed E-state index contributed by atoms with van der Waals surface area (Å²) in [7, 11) is 0. The van der Waals surface area contributed by atoms with Gasteiger partial charge in [-0.15, -0.1) is 0 Å². The first-order valence-corrected chi connectivity index (χ1v) is 4.86. The van der Waals surface area contributed by atoms with Crippen LogP contribution in [-0.4, -0.2) is 23.1 Å². The molecule has 0 aliphatic carbocycles. The Morgan fingerprint density at radius 2 is 1.76 bits per heavy atom. The number of hydrogen-bond acceptors (Lipinski definition) is 4. The minimum atomic E-state index is -1.67. The summed E-state index contributed by atoms with van der Waals surface area (Å²) in [6, 6.07) is 8.73. The van der Waals surface area contributed by atoms with Crippen molar-refractivity contribution >= 4 is 23.7 Å². The number of anilines is 1. The molecule has 0 unspecified atom stereocenters. The summed E-state index contributed by atoms with van der Waals surface area (Å²) in [5, 5.41) is 10.7. The quantitative estimate of drug-likeness (QED) is 0.613. The lowest BCUT2D eigenvalue weighted by molar-refractivity contribution is -0.140. The maximum atomic E-state index is 11.3. The molecule has 0 aliphatic rings. The van der Waals surface area contributed by atoms with E-state index in [0.29, 0.717) is 5.69 Å². The Labute approximate surface area is 97.2 Å². The summed E-state index contributed by atoms with van der Waals surface area (Å²) in [6.45, 7) is 0. The zero-order chi connectivity index (χ0) is 12.7. The van der Waals surface area contributed by atoms with Crippen LogP contribution in [0.5, 0.6) is 0 Å². The lowest BCUT2D eigenvalue weighted by atomic mass is 10.2. The molecule has 1 aromatic carbocycles. The molecule has 0 aromatic heterocycles. The van der Waals surface area contributed by atoms with E-state index in [9.17, 15) is 14.4 Å². The van der Waals surface area contributed by atoms with Crippen LogP contribution in [0.2, 0.25) is 0 Å². The van der Waals surface area contributed by atoms with Gasteiger partial charge in [-0.05, 0) is 12.1 Å². The average Bonchev–Trinajstić information content (AvgIpc) is 2.27. The molecule has 0 radical (unpaired) electrons. The molecule has 6 heteroatoms. The summed E-state index contributed by atoms with van der Waals surface area (Å²) in [4.78, 5) is 32.2. The number of rotatable bonds is 4. The van der Waals surface area contributed by atoms with Gasteiger partial charge >= 0.3 is 12.1 Å². The number of carboxylic acid groups (broad SMARTS) is 1. The zero-order valence-electron chi connectivity index (χ0n) is 8.88. The third-order valence-electron chi connectivity index (χ3n) is 1.81. The van der Waals surface area contributed by atoms with Crippen LogP contribution in [0.15, 0.2) is 30.3 Å². The van der Waals surface area contributed by atoms with Gasteiger partial charge in [0.2, 0.25) is 5.91 Å². The van der Waals surface area contributed by atoms with Crippen LogP contribution in [0.25, 0.3) is 0 Å². The number of carbonyl (C=O) groups excluding carboxylic acids is 2. The molecule has 1 aromatic rings. The molecule has 0 saturated heterocycles. The van der Waals surface area contributed by atoms with E-state index in [-0.39, 0.29) is 18.7 Å². The minimum Gasteiger partial charge on any atom is -0.449 e. The Bertz CT molecular complexity index is 415. The number of esters is 1. The van der Waals surface area contributed by atoms with Gasteiger partial charge in [-0.3, -0.25) is 9.59 Å². The molecule has 6 nitrogen and oxygen atoms in total. The van der Waals surface area contributed by atoms with Crippen LogP contribution in [0, 0.1) is 0 Å². The van der Waals surface area contributed by atoms with E-state index >= 15 is 0 Å². The molecule has 1 rings (SSSR count). The average molecular weight is 237 g/mol. The van der Waals surface area contributed by atoms with Crippen LogP contribution in [0.3, 0.4) is 0 Å². The highest BCUT2D eigenvalue weighted by Crippen LogP contribution is 2.06. The van der Waals surface area contributed by atoms with Crippen molar-refractivity contribution in [3.63, 3.8) is 0 Å². The SMILES string of the molecule is O=C(CCC(=O)OC(=O)O)Nc1ccccc1. The second kappa shape index (κ2) is 6.26. The van der Waals surface area contributed by atoms with Crippen LogP contribution < -0.4 is 5.32 Å². The van der Waals surface area contributed by atoms with Gasteiger partial charge < -0.3 is 15.2 Å². The van der Waals surface area contributed by atoms with E-state index in [1.807, 2.05) is 0 Å². The van der Waals surface area contributed by atoms with Crippen molar-refractivity contribution in [1.29, 1.82) is 0 Å². The first-order valence-electron chi connectivity index (χ1n) is 4.86. The Morgan fingerprint density at radius 3 is 2.35 bits per heavy atom. The van der Waals surface area contributed by atoms with Crippen molar-refractivity contribution in [1.82, 2.24) is 0 Å². The van der Waals surface area contributed by atoms with E-state index in [0.717, 1.165) is 0 Å². The van der Waals surface area contributed by atoms with E-state index in [2.05, 4.69) is 10.1 Å². The molecule has 0 saturated carbocycles.